The van der Waals surface area contributed by atoms with Gasteiger partial charge in [0, 0.05) is 13.2 Å². The van der Waals surface area contributed by atoms with E-state index in [2.05, 4.69) is 12.1 Å². The summed E-state index contributed by atoms with van der Waals surface area (Å²) < 4.78 is 17.4. The van der Waals surface area contributed by atoms with E-state index >= 15 is 0 Å². The average Bonchev–Trinajstić information content (AvgIpc) is 2.68. The van der Waals surface area contributed by atoms with Crippen LogP contribution in [0.25, 0.3) is 0 Å². The predicted octanol–water partition coefficient (Wildman–Crippen LogP) is 3.63. The van der Waals surface area contributed by atoms with Crippen LogP contribution in [-0.2, 0) is 27.4 Å². The average molecular weight is 342 g/mol. The number of hydrogen-bond donors (Lipinski definition) is 1. The van der Waals surface area contributed by atoms with E-state index in [1.165, 1.54) is 0 Å². The van der Waals surface area contributed by atoms with Crippen molar-refractivity contribution in [3.8, 4) is 0 Å². The fourth-order valence-electron chi connectivity index (χ4n) is 3.09. The molecule has 1 aliphatic rings. The first-order valence-corrected chi connectivity index (χ1v) is 8.90. The second kappa shape index (κ2) is 9.68. The van der Waals surface area contributed by atoms with Crippen LogP contribution >= 0.6 is 0 Å². The van der Waals surface area contributed by atoms with Crippen molar-refractivity contribution in [3.05, 3.63) is 71.3 Å². The van der Waals surface area contributed by atoms with Gasteiger partial charge >= 0.3 is 0 Å². The second-order valence-electron chi connectivity index (χ2n) is 6.30. The van der Waals surface area contributed by atoms with Crippen molar-refractivity contribution in [2.75, 3.05) is 19.8 Å². The van der Waals surface area contributed by atoms with Crippen LogP contribution < -0.4 is 0 Å². The smallest absolute Gasteiger partial charge is 0.106 e. The van der Waals surface area contributed by atoms with Crippen LogP contribution in [0.5, 0.6) is 0 Å². The third-order valence-electron chi connectivity index (χ3n) is 4.46. The molecular weight excluding hydrogens is 316 g/mol. The Kier molecular flexibility index (Phi) is 7.00. The molecule has 1 fully saturated rings. The van der Waals surface area contributed by atoms with Crippen molar-refractivity contribution >= 4 is 0 Å². The zero-order valence-electron chi connectivity index (χ0n) is 14.5. The Labute approximate surface area is 149 Å². The molecule has 0 radical (unpaired) electrons. The summed E-state index contributed by atoms with van der Waals surface area (Å²) >= 11 is 0. The molecule has 1 heterocycles. The van der Waals surface area contributed by atoms with E-state index in [4.69, 9.17) is 14.2 Å². The number of rotatable bonds is 8. The fraction of sp³-hybridized carbons (Fsp3) is 0.429. The van der Waals surface area contributed by atoms with Gasteiger partial charge in [0.05, 0.1) is 25.9 Å². The molecule has 3 rings (SSSR count). The molecule has 0 bridgehead atoms. The molecule has 1 saturated heterocycles. The fourth-order valence-corrected chi connectivity index (χ4v) is 3.09. The van der Waals surface area contributed by atoms with Crippen LogP contribution in [-0.4, -0.2) is 31.0 Å². The van der Waals surface area contributed by atoms with Gasteiger partial charge in [-0.25, -0.2) is 0 Å². The number of ether oxygens (including phenoxy) is 3. The van der Waals surface area contributed by atoms with E-state index in [-0.39, 0.29) is 18.8 Å². The highest BCUT2D eigenvalue weighted by Gasteiger charge is 2.22. The van der Waals surface area contributed by atoms with E-state index < -0.39 is 0 Å². The van der Waals surface area contributed by atoms with Gasteiger partial charge in [0.2, 0.25) is 0 Å². The monoisotopic (exact) mass is 342 g/mol. The summed E-state index contributed by atoms with van der Waals surface area (Å²) in [5.74, 6) is 0. The number of aliphatic hydroxyl groups excluding tert-OH is 1. The summed E-state index contributed by atoms with van der Waals surface area (Å²) in [4.78, 5) is 0. The molecule has 2 aromatic carbocycles. The van der Waals surface area contributed by atoms with Gasteiger partial charge in [0.25, 0.3) is 0 Å². The number of hydrogen-bond acceptors (Lipinski definition) is 4. The Morgan fingerprint density at radius 2 is 1.68 bits per heavy atom. The molecule has 4 heteroatoms. The molecule has 25 heavy (non-hydrogen) atoms. The van der Waals surface area contributed by atoms with Crippen molar-refractivity contribution in [1.82, 2.24) is 0 Å². The lowest BCUT2D eigenvalue weighted by molar-refractivity contribution is -0.0854. The van der Waals surface area contributed by atoms with Crippen molar-refractivity contribution in [1.29, 1.82) is 0 Å². The van der Waals surface area contributed by atoms with Crippen molar-refractivity contribution in [3.63, 3.8) is 0 Å². The third kappa shape index (κ3) is 5.38. The summed E-state index contributed by atoms with van der Waals surface area (Å²) in [6.45, 7) is 2.49. The zero-order valence-corrected chi connectivity index (χ0v) is 14.5. The molecular formula is C21H26O4. The highest BCUT2D eigenvalue weighted by atomic mass is 16.5. The Hall–Kier alpha value is -1.72. The van der Waals surface area contributed by atoms with Crippen LogP contribution in [0.15, 0.2) is 54.6 Å². The van der Waals surface area contributed by atoms with E-state index in [1.807, 2.05) is 42.5 Å². The topological polar surface area (TPSA) is 47.9 Å². The maximum atomic E-state index is 9.84. The first kappa shape index (κ1) is 18.1. The summed E-state index contributed by atoms with van der Waals surface area (Å²) in [6, 6.07) is 18.1. The molecule has 1 aliphatic heterocycles. The van der Waals surface area contributed by atoms with Gasteiger partial charge in [-0.05, 0) is 29.5 Å². The highest BCUT2D eigenvalue weighted by Crippen LogP contribution is 2.26. The molecule has 134 valence electrons. The molecule has 2 aromatic rings. The quantitative estimate of drug-likeness (QED) is 0.796. The van der Waals surface area contributed by atoms with E-state index in [0.29, 0.717) is 13.2 Å². The van der Waals surface area contributed by atoms with Crippen LogP contribution in [0.4, 0.5) is 0 Å². The molecule has 1 atom stereocenters. The lowest BCUT2D eigenvalue weighted by Gasteiger charge is -2.28. The molecule has 0 amide bonds. The summed E-state index contributed by atoms with van der Waals surface area (Å²) in [6.07, 6.45) is 1.58. The lowest BCUT2D eigenvalue weighted by atomic mass is 10.0. The normalized spacial score (nSPS) is 16.7. The molecule has 1 unspecified atom stereocenters. The number of aliphatic hydroxyl groups is 1. The minimum Gasteiger partial charge on any atom is -0.393 e. The van der Waals surface area contributed by atoms with Crippen molar-refractivity contribution < 1.29 is 19.3 Å². The molecule has 1 N–H and O–H groups in total. The predicted molar refractivity (Wildman–Crippen MR) is 96.1 cm³/mol. The molecule has 4 nitrogen and oxygen atoms in total. The second-order valence-corrected chi connectivity index (χ2v) is 6.30. The van der Waals surface area contributed by atoms with Gasteiger partial charge in [0.1, 0.15) is 6.10 Å². The van der Waals surface area contributed by atoms with Crippen LogP contribution in [0.3, 0.4) is 0 Å². The number of benzene rings is 2. The molecule has 0 saturated carbocycles. The van der Waals surface area contributed by atoms with Gasteiger partial charge in [-0.15, -0.1) is 0 Å². The maximum Gasteiger partial charge on any atom is 0.106 e. The van der Waals surface area contributed by atoms with Crippen molar-refractivity contribution in [2.24, 2.45) is 0 Å². The Morgan fingerprint density at radius 3 is 2.44 bits per heavy atom. The third-order valence-corrected chi connectivity index (χ3v) is 4.46. The van der Waals surface area contributed by atoms with E-state index in [1.54, 1.807) is 0 Å². The SMILES string of the molecule is OCC(OC1CCOCC1)c1ccccc1COCc1ccccc1. The Morgan fingerprint density at radius 1 is 0.960 bits per heavy atom. The standard InChI is InChI=1S/C21H26O4/c22-14-21(25-19-10-12-23-13-11-19)20-9-5-4-8-18(20)16-24-15-17-6-2-1-3-7-17/h1-9,19,21-22H,10-16H2. The molecule has 0 spiro atoms. The highest BCUT2D eigenvalue weighted by molar-refractivity contribution is 5.29. The minimum absolute atomic E-state index is 0.0347. The summed E-state index contributed by atoms with van der Waals surface area (Å²) in [5, 5.41) is 9.84. The van der Waals surface area contributed by atoms with Gasteiger partial charge in [-0.3, -0.25) is 0 Å². The van der Waals surface area contributed by atoms with Crippen LogP contribution in [0.2, 0.25) is 0 Å². The maximum absolute atomic E-state index is 9.84. The summed E-state index contributed by atoms with van der Waals surface area (Å²) in [7, 11) is 0. The van der Waals surface area contributed by atoms with Gasteiger partial charge in [-0.2, -0.15) is 0 Å². The largest absolute Gasteiger partial charge is 0.393 e. The van der Waals surface area contributed by atoms with Crippen molar-refractivity contribution in [2.45, 2.75) is 38.3 Å². The first-order chi connectivity index (χ1) is 12.4. The zero-order chi connectivity index (χ0) is 17.3. The first-order valence-electron chi connectivity index (χ1n) is 8.90. The molecule has 0 aromatic heterocycles. The van der Waals surface area contributed by atoms with Crippen LogP contribution in [0.1, 0.15) is 35.6 Å². The lowest BCUT2D eigenvalue weighted by Crippen LogP contribution is -2.27. The molecule has 0 aliphatic carbocycles. The van der Waals surface area contributed by atoms with Gasteiger partial charge in [-0.1, -0.05) is 54.6 Å². The Bertz CT molecular complexity index is 623. The van der Waals surface area contributed by atoms with Gasteiger partial charge in [0.15, 0.2) is 0 Å². The van der Waals surface area contributed by atoms with Crippen LogP contribution in [0, 0.1) is 0 Å². The summed E-state index contributed by atoms with van der Waals surface area (Å²) in [5.41, 5.74) is 3.21. The minimum atomic E-state index is -0.320. The van der Waals surface area contributed by atoms with Gasteiger partial charge < -0.3 is 19.3 Å². The van der Waals surface area contributed by atoms with E-state index in [9.17, 15) is 5.11 Å². The Balaban J connectivity index is 1.62. The van der Waals surface area contributed by atoms with E-state index in [0.717, 1.165) is 42.7 Å².